The zero-order valence-corrected chi connectivity index (χ0v) is 12.0. The van der Waals surface area contributed by atoms with Crippen LogP contribution in [-0.2, 0) is 10.4 Å². The van der Waals surface area contributed by atoms with E-state index < -0.39 is 5.60 Å². The van der Waals surface area contributed by atoms with Crippen molar-refractivity contribution in [2.45, 2.75) is 37.7 Å². The molecule has 1 aromatic rings. The van der Waals surface area contributed by atoms with Crippen molar-refractivity contribution in [3.8, 4) is 0 Å². The maximum absolute atomic E-state index is 12.2. The lowest BCUT2D eigenvalue weighted by molar-refractivity contribution is -0.143. The quantitative estimate of drug-likeness (QED) is 0.865. The van der Waals surface area contributed by atoms with Crippen LogP contribution in [0, 0.1) is 5.92 Å². The van der Waals surface area contributed by atoms with E-state index in [-0.39, 0.29) is 17.0 Å². The van der Waals surface area contributed by atoms with Gasteiger partial charge in [-0.15, -0.1) is 0 Å². The summed E-state index contributed by atoms with van der Waals surface area (Å²) in [6.07, 6.45) is 5.29. The lowest BCUT2D eigenvalue weighted by Crippen LogP contribution is -2.44. The number of Topliss-reactive ketones (excluding diaryl/α,β-unsaturated/α-hetero) is 1. The van der Waals surface area contributed by atoms with E-state index >= 15 is 0 Å². The first-order valence-electron chi connectivity index (χ1n) is 6.56. The SMILES string of the molecule is O=C(CBr)[C@](O)(c1ccccc1)C1CCCCC1. The number of hydrogen-bond acceptors (Lipinski definition) is 2. The van der Waals surface area contributed by atoms with Gasteiger partial charge in [-0.1, -0.05) is 65.5 Å². The molecule has 0 aromatic heterocycles. The minimum absolute atomic E-state index is 0.0544. The van der Waals surface area contributed by atoms with Gasteiger partial charge >= 0.3 is 0 Å². The van der Waals surface area contributed by atoms with E-state index in [1.165, 1.54) is 6.42 Å². The molecule has 3 heteroatoms. The van der Waals surface area contributed by atoms with Gasteiger partial charge in [-0.3, -0.25) is 4.79 Å². The smallest absolute Gasteiger partial charge is 0.179 e. The van der Waals surface area contributed by atoms with E-state index in [1.54, 1.807) is 0 Å². The van der Waals surface area contributed by atoms with Crippen molar-refractivity contribution >= 4 is 21.7 Å². The average Bonchev–Trinajstić information content (AvgIpc) is 2.47. The molecule has 1 aliphatic rings. The van der Waals surface area contributed by atoms with Crippen molar-refractivity contribution in [1.29, 1.82) is 0 Å². The molecule has 0 heterocycles. The highest BCUT2D eigenvalue weighted by atomic mass is 79.9. The zero-order valence-electron chi connectivity index (χ0n) is 10.4. The maximum atomic E-state index is 12.2. The van der Waals surface area contributed by atoms with Gasteiger partial charge in [0.2, 0.25) is 0 Å². The first-order chi connectivity index (χ1) is 8.69. The molecular formula is C15H19BrO2. The molecule has 0 spiro atoms. The van der Waals surface area contributed by atoms with Gasteiger partial charge in [0.1, 0.15) is 0 Å². The third-order valence-corrected chi connectivity index (χ3v) is 4.47. The second kappa shape index (κ2) is 5.98. The molecule has 1 atom stereocenters. The Bertz CT molecular complexity index is 398. The highest BCUT2D eigenvalue weighted by molar-refractivity contribution is 9.09. The van der Waals surface area contributed by atoms with Crippen molar-refractivity contribution in [2.75, 3.05) is 5.33 Å². The molecule has 0 saturated heterocycles. The van der Waals surface area contributed by atoms with Crippen LogP contribution >= 0.6 is 15.9 Å². The third kappa shape index (κ3) is 2.52. The Kier molecular flexibility index (Phi) is 4.57. The van der Waals surface area contributed by atoms with Gasteiger partial charge in [0.05, 0.1) is 5.33 Å². The molecule has 0 radical (unpaired) electrons. The zero-order chi connectivity index (χ0) is 13.0. The van der Waals surface area contributed by atoms with Gasteiger partial charge in [-0.25, -0.2) is 0 Å². The van der Waals surface area contributed by atoms with Gasteiger partial charge in [0, 0.05) is 0 Å². The van der Waals surface area contributed by atoms with Crippen LogP contribution in [0.25, 0.3) is 0 Å². The van der Waals surface area contributed by atoms with Crippen molar-refractivity contribution < 1.29 is 9.90 Å². The molecule has 0 aliphatic heterocycles. The fourth-order valence-corrected chi connectivity index (χ4v) is 3.37. The normalized spacial score (nSPS) is 20.3. The van der Waals surface area contributed by atoms with E-state index in [0.29, 0.717) is 0 Å². The lowest BCUT2D eigenvalue weighted by atomic mass is 9.71. The molecule has 2 rings (SSSR count). The Morgan fingerprint density at radius 1 is 1.22 bits per heavy atom. The summed E-state index contributed by atoms with van der Waals surface area (Å²) in [4.78, 5) is 12.2. The predicted molar refractivity (Wildman–Crippen MR) is 75.7 cm³/mol. The van der Waals surface area contributed by atoms with Crippen LogP contribution in [0.1, 0.15) is 37.7 Å². The highest BCUT2D eigenvalue weighted by Gasteiger charge is 2.44. The summed E-state index contributed by atoms with van der Waals surface area (Å²) in [5.41, 5.74) is -0.577. The van der Waals surface area contributed by atoms with Crippen LogP contribution in [0.5, 0.6) is 0 Å². The Hall–Kier alpha value is -0.670. The second-order valence-corrected chi connectivity index (χ2v) is 5.58. The summed E-state index contributed by atoms with van der Waals surface area (Å²) in [5, 5.41) is 11.2. The maximum Gasteiger partial charge on any atom is 0.179 e. The number of hydrogen-bond donors (Lipinski definition) is 1. The molecule has 18 heavy (non-hydrogen) atoms. The number of ketones is 1. The Balaban J connectivity index is 2.36. The number of carbonyl (C=O) groups is 1. The van der Waals surface area contributed by atoms with Crippen molar-refractivity contribution in [2.24, 2.45) is 5.92 Å². The fraction of sp³-hybridized carbons (Fsp3) is 0.533. The van der Waals surface area contributed by atoms with Gasteiger partial charge in [-0.05, 0) is 24.3 Å². The van der Waals surface area contributed by atoms with Crippen LogP contribution in [0.3, 0.4) is 0 Å². The number of benzene rings is 1. The minimum Gasteiger partial charge on any atom is -0.377 e. The molecule has 98 valence electrons. The Morgan fingerprint density at radius 3 is 2.39 bits per heavy atom. The standard InChI is InChI=1S/C15H19BrO2/c16-11-14(17)15(18,12-7-3-1-4-8-12)13-9-5-2-6-10-13/h1,3-4,7-8,13,18H,2,5-6,9-11H2/t15-/m0/s1. The van der Waals surface area contributed by atoms with Gasteiger partial charge in [0.15, 0.2) is 11.4 Å². The minimum atomic E-state index is -1.31. The van der Waals surface area contributed by atoms with Crippen LogP contribution in [-0.4, -0.2) is 16.2 Å². The third-order valence-electron chi connectivity index (χ3n) is 3.96. The van der Waals surface area contributed by atoms with Crippen molar-refractivity contribution in [3.63, 3.8) is 0 Å². The molecule has 1 aromatic carbocycles. The van der Waals surface area contributed by atoms with Gasteiger partial charge < -0.3 is 5.11 Å². The number of carbonyl (C=O) groups excluding carboxylic acids is 1. The second-order valence-electron chi connectivity index (χ2n) is 5.02. The van der Waals surface area contributed by atoms with E-state index in [0.717, 1.165) is 31.2 Å². The summed E-state index contributed by atoms with van der Waals surface area (Å²) in [5.74, 6) is -0.0701. The number of halogens is 1. The molecular weight excluding hydrogens is 292 g/mol. The highest BCUT2D eigenvalue weighted by Crippen LogP contribution is 2.40. The summed E-state index contributed by atoms with van der Waals surface area (Å²) < 4.78 is 0. The Morgan fingerprint density at radius 2 is 1.83 bits per heavy atom. The fourth-order valence-electron chi connectivity index (χ4n) is 2.94. The summed E-state index contributed by atoms with van der Waals surface area (Å²) in [6.45, 7) is 0. The number of alkyl halides is 1. The van der Waals surface area contributed by atoms with E-state index in [2.05, 4.69) is 15.9 Å². The van der Waals surface area contributed by atoms with Crippen LogP contribution in [0.2, 0.25) is 0 Å². The molecule has 0 unspecified atom stereocenters. The topological polar surface area (TPSA) is 37.3 Å². The number of rotatable bonds is 4. The van der Waals surface area contributed by atoms with Gasteiger partial charge in [-0.2, -0.15) is 0 Å². The first kappa shape index (κ1) is 13.8. The molecule has 0 bridgehead atoms. The largest absolute Gasteiger partial charge is 0.377 e. The lowest BCUT2D eigenvalue weighted by Gasteiger charge is -2.37. The Labute approximate surface area is 117 Å². The van der Waals surface area contributed by atoms with Crippen LogP contribution in [0.15, 0.2) is 30.3 Å². The van der Waals surface area contributed by atoms with E-state index in [4.69, 9.17) is 0 Å². The number of aliphatic hydroxyl groups is 1. The summed E-state index contributed by atoms with van der Waals surface area (Å²) in [7, 11) is 0. The first-order valence-corrected chi connectivity index (χ1v) is 7.69. The van der Waals surface area contributed by atoms with Crippen LogP contribution < -0.4 is 0 Å². The predicted octanol–water partition coefficient (Wildman–Crippen LogP) is 3.42. The van der Waals surface area contributed by atoms with Gasteiger partial charge in [0.25, 0.3) is 0 Å². The monoisotopic (exact) mass is 310 g/mol. The molecule has 1 fully saturated rings. The average molecular weight is 311 g/mol. The van der Waals surface area contributed by atoms with Crippen molar-refractivity contribution in [3.05, 3.63) is 35.9 Å². The molecule has 1 saturated carbocycles. The van der Waals surface area contributed by atoms with E-state index in [1.807, 2.05) is 30.3 Å². The summed E-state index contributed by atoms with van der Waals surface area (Å²) >= 11 is 3.20. The van der Waals surface area contributed by atoms with Crippen molar-refractivity contribution in [1.82, 2.24) is 0 Å². The summed E-state index contributed by atoms with van der Waals surface area (Å²) in [6, 6.07) is 9.38. The molecule has 2 nitrogen and oxygen atoms in total. The van der Waals surface area contributed by atoms with E-state index in [9.17, 15) is 9.90 Å². The van der Waals surface area contributed by atoms with Crippen LogP contribution in [0.4, 0.5) is 0 Å². The molecule has 1 N–H and O–H groups in total. The molecule has 1 aliphatic carbocycles. The molecule has 0 amide bonds.